The molecule has 2 aromatic rings. The number of carbonyl (C=O) groups is 1. The van der Waals surface area contributed by atoms with E-state index in [0.29, 0.717) is 15.6 Å². The van der Waals surface area contributed by atoms with Crippen LogP contribution in [-0.2, 0) is 0 Å². The van der Waals surface area contributed by atoms with Crippen molar-refractivity contribution in [1.82, 2.24) is 4.90 Å². The van der Waals surface area contributed by atoms with E-state index in [2.05, 4.69) is 22.2 Å². The van der Waals surface area contributed by atoms with Crippen molar-refractivity contribution in [2.24, 2.45) is 0 Å². The summed E-state index contributed by atoms with van der Waals surface area (Å²) < 4.78 is 0. The van der Waals surface area contributed by atoms with Crippen molar-refractivity contribution in [1.29, 1.82) is 0 Å². The van der Waals surface area contributed by atoms with E-state index < -0.39 is 0 Å². The van der Waals surface area contributed by atoms with Gasteiger partial charge in [-0.1, -0.05) is 29.3 Å². The fourth-order valence-electron chi connectivity index (χ4n) is 2.76. The van der Waals surface area contributed by atoms with E-state index in [1.807, 2.05) is 12.1 Å². The van der Waals surface area contributed by atoms with E-state index >= 15 is 0 Å². The van der Waals surface area contributed by atoms with Gasteiger partial charge < -0.3 is 15.1 Å². The van der Waals surface area contributed by atoms with E-state index in [1.165, 1.54) is 0 Å². The number of nitrogens with zero attached hydrogens (tertiary/aromatic N) is 2. The Kier molecular flexibility index (Phi) is 5.29. The monoisotopic (exact) mass is 363 g/mol. The zero-order valence-corrected chi connectivity index (χ0v) is 14.9. The molecule has 0 radical (unpaired) electrons. The number of halogens is 2. The summed E-state index contributed by atoms with van der Waals surface area (Å²) in [5.74, 6) is -0.199. The average molecular weight is 364 g/mol. The molecule has 1 N–H and O–H groups in total. The van der Waals surface area contributed by atoms with Crippen LogP contribution < -0.4 is 10.2 Å². The van der Waals surface area contributed by atoms with Crippen molar-refractivity contribution in [3.63, 3.8) is 0 Å². The number of rotatable bonds is 3. The van der Waals surface area contributed by atoms with Crippen LogP contribution >= 0.6 is 23.2 Å². The number of anilines is 2. The Bertz CT molecular complexity index is 743. The van der Waals surface area contributed by atoms with Crippen molar-refractivity contribution < 1.29 is 4.79 Å². The number of hydrogen-bond acceptors (Lipinski definition) is 3. The zero-order valence-electron chi connectivity index (χ0n) is 13.4. The highest BCUT2D eigenvalue weighted by atomic mass is 35.5. The van der Waals surface area contributed by atoms with Gasteiger partial charge in [0.1, 0.15) is 0 Å². The Labute approximate surface area is 152 Å². The van der Waals surface area contributed by atoms with E-state index in [-0.39, 0.29) is 5.91 Å². The molecule has 0 spiro atoms. The molecule has 0 bridgehead atoms. The average Bonchev–Trinajstić information content (AvgIpc) is 2.56. The standard InChI is InChI=1S/C18H19Cl2N3O/c1-22-7-9-23(10-8-22)17-6-5-15(20)12-16(17)21-18(24)13-3-2-4-14(19)11-13/h2-6,11-12H,7-10H2,1H3,(H,21,24). The highest BCUT2D eigenvalue weighted by molar-refractivity contribution is 6.31. The van der Waals surface area contributed by atoms with Gasteiger partial charge >= 0.3 is 0 Å². The first-order chi connectivity index (χ1) is 11.5. The van der Waals surface area contributed by atoms with Crippen LogP contribution in [0.3, 0.4) is 0 Å². The highest BCUT2D eigenvalue weighted by Crippen LogP contribution is 2.30. The van der Waals surface area contributed by atoms with Gasteiger partial charge in [0.25, 0.3) is 5.91 Å². The molecule has 2 aromatic carbocycles. The summed E-state index contributed by atoms with van der Waals surface area (Å²) in [6.45, 7) is 3.81. The summed E-state index contributed by atoms with van der Waals surface area (Å²) >= 11 is 12.1. The predicted molar refractivity (Wildman–Crippen MR) is 101 cm³/mol. The molecule has 0 atom stereocenters. The maximum absolute atomic E-state index is 12.5. The van der Waals surface area contributed by atoms with Gasteiger partial charge in [0, 0.05) is 41.8 Å². The van der Waals surface area contributed by atoms with Crippen LogP contribution in [0, 0.1) is 0 Å². The first-order valence-electron chi connectivity index (χ1n) is 7.83. The van der Waals surface area contributed by atoms with Crippen LogP contribution in [0.15, 0.2) is 42.5 Å². The molecular weight excluding hydrogens is 345 g/mol. The Morgan fingerprint density at radius 2 is 1.71 bits per heavy atom. The Morgan fingerprint density at radius 1 is 1.00 bits per heavy atom. The molecule has 126 valence electrons. The highest BCUT2D eigenvalue weighted by Gasteiger charge is 2.18. The maximum Gasteiger partial charge on any atom is 0.255 e. The van der Waals surface area contributed by atoms with Crippen LogP contribution in [0.2, 0.25) is 10.0 Å². The Morgan fingerprint density at radius 3 is 2.42 bits per heavy atom. The molecule has 1 saturated heterocycles. The molecule has 24 heavy (non-hydrogen) atoms. The smallest absolute Gasteiger partial charge is 0.255 e. The number of likely N-dealkylation sites (N-methyl/N-ethyl adjacent to an activating group) is 1. The second-order valence-corrected chi connectivity index (χ2v) is 6.79. The molecule has 3 rings (SSSR count). The molecule has 1 heterocycles. The lowest BCUT2D eigenvalue weighted by Crippen LogP contribution is -2.44. The summed E-state index contributed by atoms with van der Waals surface area (Å²) in [4.78, 5) is 17.1. The molecule has 0 aromatic heterocycles. The molecule has 1 aliphatic heterocycles. The third-order valence-corrected chi connectivity index (χ3v) is 4.61. The molecule has 6 heteroatoms. The van der Waals surface area contributed by atoms with E-state index in [1.54, 1.807) is 30.3 Å². The van der Waals surface area contributed by atoms with Crippen LogP contribution in [0.1, 0.15) is 10.4 Å². The third-order valence-electron chi connectivity index (χ3n) is 4.14. The van der Waals surface area contributed by atoms with Gasteiger partial charge in [-0.2, -0.15) is 0 Å². The fourth-order valence-corrected chi connectivity index (χ4v) is 3.12. The van der Waals surface area contributed by atoms with E-state index in [9.17, 15) is 4.79 Å². The van der Waals surface area contributed by atoms with Crippen molar-refractivity contribution in [2.45, 2.75) is 0 Å². The largest absolute Gasteiger partial charge is 0.367 e. The number of hydrogen-bond donors (Lipinski definition) is 1. The van der Waals surface area contributed by atoms with Crippen LogP contribution in [-0.4, -0.2) is 44.0 Å². The number of carbonyl (C=O) groups excluding carboxylic acids is 1. The molecule has 1 amide bonds. The summed E-state index contributed by atoms with van der Waals surface area (Å²) in [6, 6.07) is 12.5. The van der Waals surface area contributed by atoms with Crippen LogP contribution in [0.25, 0.3) is 0 Å². The molecule has 1 aliphatic rings. The van der Waals surface area contributed by atoms with E-state index in [0.717, 1.165) is 37.6 Å². The normalized spacial score (nSPS) is 15.4. The van der Waals surface area contributed by atoms with Crippen molar-refractivity contribution in [3.8, 4) is 0 Å². The molecule has 0 aliphatic carbocycles. The first kappa shape index (κ1) is 17.1. The Balaban J connectivity index is 1.84. The van der Waals surface area contributed by atoms with Crippen molar-refractivity contribution >= 4 is 40.5 Å². The number of amides is 1. The minimum absolute atomic E-state index is 0.199. The van der Waals surface area contributed by atoms with Gasteiger partial charge in [-0.15, -0.1) is 0 Å². The van der Waals surface area contributed by atoms with Crippen molar-refractivity contribution in [2.75, 3.05) is 43.4 Å². The lowest BCUT2D eigenvalue weighted by molar-refractivity contribution is 0.102. The third kappa shape index (κ3) is 4.01. The zero-order chi connectivity index (χ0) is 17.1. The molecule has 4 nitrogen and oxygen atoms in total. The SMILES string of the molecule is CN1CCN(c2ccc(Cl)cc2NC(=O)c2cccc(Cl)c2)CC1. The minimum atomic E-state index is -0.199. The number of piperazine rings is 1. The second-order valence-electron chi connectivity index (χ2n) is 5.92. The lowest BCUT2D eigenvalue weighted by atomic mass is 10.1. The van der Waals surface area contributed by atoms with Gasteiger partial charge in [0.15, 0.2) is 0 Å². The van der Waals surface area contributed by atoms with Gasteiger partial charge in [0.05, 0.1) is 11.4 Å². The van der Waals surface area contributed by atoms with E-state index in [4.69, 9.17) is 23.2 Å². The minimum Gasteiger partial charge on any atom is -0.367 e. The summed E-state index contributed by atoms with van der Waals surface area (Å²) in [7, 11) is 2.11. The first-order valence-corrected chi connectivity index (χ1v) is 8.58. The van der Waals surface area contributed by atoms with Gasteiger partial charge in [-0.05, 0) is 43.4 Å². The number of nitrogens with one attached hydrogen (secondary N) is 1. The Hall–Kier alpha value is -1.75. The molecule has 1 fully saturated rings. The fraction of sp³-hybridized carbons (Fsp3) is 0.278. The van der Waals surface area contributed by atoms with Gasteiger partial charge in [-0.25, -0.2) is 0 Å². The molecule has 0 unspecified atom stereocenters. The summed E-state index contributed by atoms with van der Waals surface area (Å²) in [5, 5.41) is 4.09. The predicted octanol–water partition coefficient (Wildman–Crippen LogP) is 4.00. The summed E-state index contributed by atoms with van der Waals surface area (Å²) in [5.41, 5.74) is 2.23. The second kappa shape index (κ2) is 7.43. The molecular formula is C18H19Cl2N3O. The van der Waals surface area contributed by atoms with Gasteiger partial charge in [-0.3, -0.25) is 4.79 Å². The topological polar surface area (TPSA) is 35.6 Å². The number of benzene rings is 2. The van der Waals surface area contributed by atoms with Crippen LogP contribution in [0.5, 0.6) is 0 Å². The van der Waals surface area contributed by atoms with Gasteiger partial charge in [0.2, 0.25) is 0 Å². The quantitative estimate of drug-likeness (QED) is 0.894. The molecule has 0 saturated carbocycles. The van der Waals surface area contributed by atoms with Crippen LogP contribution in [0.4, 0.5) is 11.4 Å². The maximum atomic E-state index is 12.5. The lowest BCUT2D eigenvalue weighted by Gasteiger charge is -2.35. The summed E-state index contributed by atoms with van der Waals surface area (Å²) in [6.07, 6.45) is 0. The van der Waals surface area contributed by atoms with Crippen molar-refractivity contribution in [3.05, 3.63) is 58.1 Å².